The lowest BCUT2D eigenvalue weighted by Crippen LogP contribution is -2.49. The molecule has 5 atom stereocenters. The SMILES string of the molecule is CCOC(=O)C1=C(C=O)/C2=C3\C[C@@H](CO)C(=O)[C@H](C3)c3cc4c(cc3CC[C@@H](CO)COc3c5c(c(CO)c(c32)O1)O[C@H]([C@](C)(O)C1CCCCC1)C5)=NCC=4. The van der Waals surface area contributed by atoms with E-state index in [0.717, 1.165) is 53.8 Å². The Morgan fingerprint density at radius 1 is 1.04 bits per heavy atom. The fourth-order valence-electron chi connectivity index (χ4n) is 9.91. The summed E-state index contributed by atoms with van der Waals surface area (Å²) in [7, 11) is 0. The van der Waals surface area contributed by atoms with Gasteiger partial charge in [0, 0.05) is 41.9 Å². The lowest BCUT2D eigenvalue weighted by Gasteiger charge is -2.39. The number of carbonyl (C=O) groups excluding carboxylic acids is 3. The zero-order valence-corrected chi connectivity index (χ0v) is 32.1. The maximum atomic E-state index is 14.3. The Morgan fingerprint density at radius 3 is 2.55 bits per heavy atom. The summed E-state index contributed by atoms with van der Waals surface area (Å²) in [4.78, 5) is 46.0. The molecule has 8 rings (SSSR count). The van der Waals surface area contributed by atoms with Crippen LogP contribution in [0.5, 0.6) is 17.2 Å². The highest BCUT2D eigenvalue weighted by atomic mass is 16.6. The van der Waals surface area contributed by atoms with Crippen LogP contribution in [-0.2, 0) is 38.6 Å². The molecule has 0 unspecified atom stereocenters. The van der Waals surface area contributed by atoms with Crippen LogP contribution in [0.15, 0.2) is 34.0 Å². The van der Waals surface area contributed by atoms with Gasteiger partial charge in [-0.3, -0.25) is 14.6 Å². The average molecular weight is 770 g/mol. The third kappa shape index (κ3) is 6.48. The lowest BCUT2D eigenvalue weighted by atomic mass is 9.70. The van der Waals surface area contributed by atoms with Crippen LogP contribution < -0.4 is 24.8 Å². The number of hydrogen-bond acceptors (Lipinski definition) is 12. The molecule has 4 N–H and O–H groups in total. The van der Waals surface area contributed by atoms with Crippen molar-refractivity contribution in [3.05, 3.63) is 67.4 Å². The number of nitrogens with zero attached hydrogens (tertiary/aromatic N) is 1. The van der Waals surface area contributed by atoms with Crippen molar-refractivity contribution >= 4 is 29.7 Å². The summed E-state index contributed by atoms with van der Waals surface area (Å²) in [6.45, 7) is 2.83. The van der Waals surface area contributed by atoms with E-state index in [-0.39, 0.29) is 85.1 Å². The Balaban J connectivity index is 1.40. The lowest BCUT2D eigenvalue weighted by molar-refractivity contribution is -0.141. The second kappa shape index (κ2) is 15.5. The van der Waals surface area contributed by atoms with Crippen LogP contribution in [0.1, 0.15) is 98.9 Å². The molecule has 2 bridgehead atoms. The fourth-order valence-corrected chi connectivity index (χ4v) is 9.91. The molecule has 12 nitrogen and oxygen atoms in total. The van der Waals surface area contributed by atoms with Crippen molar-refractivity contribution in [2.24, 2.45) is 22.7 Å². The van der Waals surface area contributed by atoms with E-state index in [4.69, 9.17) is 18.9 Å². The predicted octanol–water partition coefficient (Wildman–Crippen LogP) is 3.08. The highest BCUT2D eigenvalue weighted by Gasteiger charge is 2.49. The van der Waals surface area contributed by atoms with E-state index in [2.05, 4.69) is 4.99 Å². The molecule has 2 saturated carbocycles. The molecule has 4 heterocycles. The van der Waals surface area contributed by atoms with Crippen molar-refractivity contribution in [2.75, 3.05) is 33.0 Å². The normalized spacial score (nSPS) is 26.9. The van der Waals surface area contributed by atoms with Crippen LogP contribution >= 0.6 is 0 Å². The molecule has 12 heteroatoms. The summed E-state index contributed by atoms with van der Waals surface area (Å²) in [5.74, 6) is -2.64. The number of aryl methyl sites for hydroxylation is 1. The number of aliphatic hydroxyl groups excluding tert-OH is 3. The van der Waals surface area contributed by atoms with Gasteiger partial charge >= 0.3 is 5.97 Å². The zero-order chi connectivity index (χ0) is 39.3. The molecule has 2 aromatic rings. The number of carbonyl (C=O) groups is 3. The summed E-state index contributed by atoms with van der Waals surface area (Å²) in [6, 6.07) is 4.02. The molecule has 0 spiro atoms. The van der Waals surface area contributed by atoms with Crippen LogP contribution in [0, 0.1) is 17.8 Å². The maximum absolute atomic E-state index is 14.3. The smallest absolute Gasteiger partial charge is 0.375 e. The number of allylic oxidation sites excluding steroid dienone is 3. The van der Waals surface area contributed by atoms with Crippen LogP contribution in [0.4, 0.5) is 0 Å². The van der Waals surface area contributed by atoms with Gasteiger partial charge in [-0.05, 0) is 86.8 Å². The van der Waals surface area contributed by atoms with E-state index in [9.17, 15) is 34.8 Å². The summed E-state index contributed by atoms with van der Waals surface area (Å²) in [5, 5.41) is 46.5. The quantitative estimate of drug-likeness (QED) is 0.229. The first-order chi connectivity index (χ1) is 27.1. The molecule has 4 aliphatic heterocycles. The van der Waals surface area contributed by atoms with Crippen LogP contribution in [0.3, 0.4) is 0 Å². The van der Waals surface area contributed by atoms with Crippen molar-refractivity contribution in [2.45, 2.75) is 102 Å². The Morgan fingerprint density at radius 2 is 1.84 bits per heavy atom. The van der Waals surface area contributed by atoms with E-state index >= 15 is 0 Å². The van der Waals surface area contributed by atoms with E-state index < -0.39 is 42.7 Å². The van der Waals surface area contributed by atoms with Gasteiger partial charge < -0.3 is 39.4 Å². The van der Waals surface area contributed by atoms with Crippen molar-refractivity contribution in [3.8, 4) is 17.2 Å². The van der Waals surface area contributed by atoms with Crippen molar-refractivity contribution in [1.29, 1.82) is 0 Å². The average Bonchev–Trinajstić information content (AvgIpc) is 3.88. The van der Waals surface area contributed by atoms with Gasteiger partial charge in [-0.2, -0.15) is 0 Å². The van der Waals surface area contributed by atoms with Gasteiger partial charge in [0.05, 0.1) is 55.0 Å². The second-order valence-corrected chi connectivity index (χ2v) is 16.3. The van der Waals surface area contributed by atoms with Crippen molar-refractivity contribution < 1.29 is 53.8 Å². The zero-order valence-electron chi connectivity index (χ0n) is 32.1. The third-order valence-corrected chi connectivity index (χ3v) is 13.0. The largest absolute Gasteiger partial charge is 0.492 e. The highest BCUT2D eigenvalue weighted by molar-refractivity contribution is 6.11. The van der Waals surface area contributed by atoms with Gasteiger partial charge in [-0.25, -0.2) is 4.79 Å². The Hall–Kier alpha value is -4.36. The summed E-state index contributed by atoms with van der Waals surface area (Å²) in [5.41, 5.74) is 2.46. The van der Waals surface area contributed by atoms with Crippen molar-refractivity contribution in [3.63, 3.8) is 0 Å². The summed E-state index contributed by atoms with van der Waals surface area (Å²) in [6.07, 6.45) is 8.21. The number of ketones is 1. The number of ether oxygens (including phenoxy) is 4. The number of benzene rings is 2. The molecule has 0 saturated heterocycles. The predicted molar refractivity (Wildman–Crippen MR) is 203 cm³/mol. The molecular weight excluding hydrogens is 718 g/mol. The molecule has 56 heavy (non-hydrogen) atoms. The molecule has 0 radical (unpaired) electrons. The monoisotopic (exact) mass is 769 g/mol. The van der Waals surface area contributed by atoms with Crippen LogP contribution in [-0.4, -0.2) is 83.1 Å². The minimum Gasteiger partial charge on any atom is -0.492 e. The van der Waals surface area contributed by atoms with Gasteiger partial charge in [0.2, 0.25) is 5.76 Å². The standard InChI is InChI=1S/C44H51NO11/c1-3-53-43(51)42-32(20-48)36-26-13-27(19-47)38(50)30(15-26)29-14-25-11-12-45-34(25)16-24(29)10-9-23(18-46)22-54-40-31-17-35(44(2,52)28-7-5-4-6-8-28)55-39(31)33(21-49)41(56-42)37(36)40/h11,14,16,20,23,27-28,30,35,46-47,49,52H,3-10,12-13,15,17-19,21-22H2,1-2H3/b36-26-/t23-,27-,30+,35-,44+/m0/s1. The van der Waals surface area contributed by atoms with E-state index in [1.807, 2.05) is 18.2 Å². The number of rotatable bonds is 8. The molecule has 6 aliphatic rings. The van der Waals surface area contributed by atoms with E-state index in [1.165, 1.54) is 0 Å². The topological polar surface area (TPSA) is 181 Å². The molecule has 2 aliphatic carbocycles. The number of aldehydes is 1. The van der Waals surface area contributed by atoms with Gasteiger partial charge in [-0.1, -0.05) is 30.9 Å². The van der Waals surface area contributed by atoms with Crippen molar-refractivity contribution in [1.82, 2.24) is 0 Å². The summed E-state index contributed by atoms with van der Waals surface area (Å²) < 4.78 is 25.2. The first kappa shape index (κ1) is 38.5. The van der Waals surface area contributed by atoms with E-state index in [1.54, 1.807) is 13.8 Å². The molecular formula is C44H51NO11. The first-order valence-corrected chi connectivity index (χ1v) is 20.2. The van der Waals surface area contributed by atoms with Gasteiger partial charge in [-0.15, -0.1) is 0 Å². The Kier molecular flexibility index (Phi) is 10.7. The molecule has 0 aromatic heterocycles. The Bertz CT molecular complexity index is 2140. The minimum atomic E-state index is -1.23. The first-order valence-electron chi connectivity index (χ1n) is 20.2. The minimum absolute atomic E-state index is 0.000835. The number of aliphatic hydroxyl groups is 4. The number of hydrogen-bond donors (Lipinski definition) is 4. The van der Waals surface area contributed by atoms with Gasteiger partial charge in [0.25, 0.3) is 0 Å². The molecule has 298 valence electrons. The van der Waals surface area contributed by atoms with Gasteiger partial charge in [0.1, 0.15) is 34.7 Å². The van der Waals surface area contributed by atoms with Crippen LogP contribution in [0.25, 0.3) is 11.6 Å². The second-order valence-electron chi connectivity index (χ2n) is 16.3. The third-order valence-electron chi connectivity index (χ3n) is 13.0. The summed E-state index contributed by atoms with van der Waals surface area (Å²) >= 11 is 0. The highest BCUT2D eigenvalue weighted by Crippen LogP contribution is 2.57. The molecule has 2 aromatic carbocycles. The van der Waals surface area contributed by atoms with Crippen LogP contribution in [0.2, 0.25) is 0 Å². The molecule has 0 amide bonds. The molecule has 2 fully saturated rings. The number of Topliss-reactive ketones (excluding diaryl/α,β-unsaturated/α-hetero) is 1. The van der Waals surface area contributed by atoms with E-state index in [0.29, 0.717) is 53.7 Å². The number of esters is 1. The number of fused-ring (bicyclic) bond motifs is 7. The Labute approximate surface area is 325 Å². The van der Waals surface area contributed by atoms with Gasteiger partial charge in [0.15, 0.2) is 6.29 Å². The fraction of sp³-hybridized carbons (Fsp3) is 0.545. The maximum Gasteiger partial charge on any atom is 0.375 e.